The molecule has 1 aliphatic rings. The van der Waals surface area contributed by atoms with Gasteiger partial charge in [-0.3, -0.25) is 9.59 Å². The summed E-state index contributed by atoms with van der Waals surface area (Å²) < 4.78 is -1.22. The molecule has 0 saturated heterocycles. The van der Waals surface area contributed by atoms with Crippen LogP contribution in [0.1, 0.15) is 18.1 Å². The Hall–Kier alpha value is -3.05. The van der Waals surface area contributed by atoms with Crippen LogP contribution in [0.15, 0.2) is 89.8 Å². The summed E-state index contributed by atoms with van der Waals surface area (Å²) in [6, 6.07) is 27.3. The highest BCUT2D eigenvalue weighted by Crippen LogP contribution is 2.43. The molecular formula is C24H22N2O2S. The Morgan fingerprint density at radius 3 is 1.97 bits per heavy atom. The van der Waals surface area contributed by atoms with E-state index in [1.54, 1.807) is 11.8 Å². The van der Waals surface area contributed by atoms with E-state index >= 15 is 0 Å². The Morgan fingerprint density at radius 1 is 0.862 bits per heavy atom. The number of hydrogen-bond donors (Lipinski definition) is 1. The number of hydrogen-bond acceptors (Lipinski definition) is 3. The van der Waals surface area contributed by atoms with E-state index < -0.39 is 4.75 Å². The van der Waals surface area contributed by atoms with Gasteiger partial charge in [0.05, 0.1) is 5.69 Å². The van der Waals surface area contributed by atoms with E-state index in [1.165, 1.54) is 11.8 Å². The molecule has 0 radical (unpaired) electrons. The van der Waals surface area contributed by atoms with Crippen LogP contribution >= 0.6 is 11.8 Å². The highest BCUT2D eigenvalue weighted by molar-refractivity contribution is 8.02. The minimum Gasteiger partial charge on any atom is -0.332 e. The summed E-state index contributed by atoms with van der Waals surface area (Å²) in [5.74, 6) is -0.473. The van der Waals surface area contributed by atoms with Gasteiger partial charge in [0.25, 0.3) is 0 Å². The number of para-hydroxylation sites is 1. The normalized spacial score (nSPS) is 17.9. The van der Waals surface area contributed by atoms with Crippen LogP contribution in [-0.2, 0) is 22.7 Å². The molecule has 0 fully saturated rings. The predicted molar refractivity (Wildman–Crippen MR) is 116 cm³/mol. The van der Waals surface area contributed by atoms with Crippen LogP contribution in [0.5, 0.6) is 0 Å². The van der Waals surface area contributed by atoms with Gasteiger partial charge in [-0.15, -0.1) is 0 Å². The van der Waals surface area contributed by atoms with Crippen molar-refractivity contribution in [2.45, 2.75) is 29.7 Å². The summed E-state index contributed by atoms with van der Waals surface area (Å²) in [6.07, 6.45) is 0. The van der Waals surface area contributed by atoms with Crippen molar-refractivity contribution < 1.29 is 9.59 Å². The Kier molecular flexibility index (Phi) is 5.41. The molecule has 0 spiro atoms. The largest absolute Gasteiger partial charge is 0.332 e. The third kappa shape index (κ3) is 4.05. The number of anilines is 1. The van der Waals surface area contributed by atoms with Crippen molar-refractivity contribution in [3.8, 4) is 0 Å². The summed E-state index contributed by atoms with van der Waals surface area (Å²) in [6.45, 7) is 2.60. The third-order valence-corrected chi connectivity index (χ3v) is 6.35. The molecule has 0 aliphatic carbocycles. The van der Waals surface area contributed by atoms with Crippen molar-refractivity contribution in [3.63, 3.8) is 0 Å². The maximum Gasteiger partial charge on any atom is 0.250 e. The minimum atomic E-state index is -1.22. The molecule has 4 rings (SSSR count). The Morgan fingerprint density at radius 2 is 1.38 bits per heavy atom. The van der Waals surface area contributed by atoms with Gasteiger partial charge in [-0.2, -0.15) is 0 Å². The van der Waals surface area contributed by atoms with Crippen LogP contribution in [0.25, 0.3) is 0 Å². The van der Waals surface area contributed by atoms with Gasteiger partial charge in [0.2, 0.25) is 11.8 Å². The molecular weight excluding hydrogens is 380 g/mol. The SMILES string of the molecule is CC1(C(=O)N(Cc2ccccc2)Cc2ccccc2)Sc2ccccc2NC1=O. The van der Waals surface area contributed by atoms with Gasteiger partial charge in [0.1, 0.15) is 0 Å². The Bertz CT molecular complexity index is 982. The molecule has 0 bridgehead atoms. The number of fused-ring (bicyclic) bond motifs is 1. The van der Waals surface area contributed by atoms with Gasteiger partial charge in [0.15, 0.2) is 4.75 Å². The van der Waals surface area contributed by atoms with Crippen LogP contribution < -0.4 is 5.32 Å². The number of benzene rings is 3. The molecule has 1 aliphatic heterocycles. The maximum absolute atomic E-state index is 13.7. The zero-order valence-electron chi connectivity index (χ0n) is 16.2. The molecule has 2 amide bonds. The third-order valence-electron chi connectivity index (χ3n) is 5.01. The fourth-order valence-corrected chi connectivity index (χ4v) is 4.59. The fraction of sp³-hybridized carbons (Fsp3) is 0.167. The Labute approximate surface area is 174 Å². The first-order valence-electron chi connectivity index (χ1n) is 9.53. The Balaban J connectivity index is 1.65. The lowest BCUT2D eigenvalue weighted by Gasteiger charge is -2.36. The molecule has 3 aromatic carbocycles. The zero-order chi connectivity index (χ0) is 20.3. The second-order valence-electron chi connectivity index (χ2n) is 7.22. The highest BCUT2D eigenvalue weighted by atomic mass is 32.2. The van der Waals surface area contributed by atoms with Crippen molar-refractivity contribution in [1.82, 2.24) is 4.90 Å². The van der Waals surface area contributed by atoms with Crippen LogP contribution in [-0.4, -0.2) is 21.5 Å². The molecule has 0 aromatic heterocycles. The minimum absolute atomic E-state index is 0.192. The second-order valence-corrected chi connectivity index (χ2v) is 8.68. The van der Waals surface area contributed by atoms with E-state index in [4.69, 9.17) is 0 Å². The van der Waals surface area contributed by atoms with Gasteiger partial charge >= 0.3 is 0 Å². The molecule has 146 valence electrons. The molecule has 0 saturated carbocycles. The number of carbonyl (C=O) groups excluding carboxylic acids is 2. The molecule has 5 heteroatoms. The quantitative estimate of drug-likeness (QED) is 0.629. The smallest absolute Gasteiger partial charge is 0.250 e. The van der Waals surface area contributed by atoms with E-state index in [2.05, 4.69) is 5.32 Å². The van der Waals surface area contributed by atoms with E-state index in [9.17, 15) is 9.59 Å². The number of nitrogens with one attached hydrogen (secondary N) is 1. The maximum atomic E-state index is 13.7. The first kappa shape index (κ1) is 19.3. The lowest BCUT2D eigenvalue weighted by Crippen LogP contribution is -2.53. The fourth-order valence-electron chi connectivity index (χ4n) is 3.42. The van der Waals surface area contributed by atoms with Gasteiger partial charge < -0.3 is 10.2 Å². The van der Waals surface area contributed by atoms with E-state index in [1.807, 2.05) is 84.9 Å². The number of thioether (sulfide) groups is 1. The van der Waals surface area contributed by atoms with Gasteiger partial charge in [0, 0.05) is 18.0 Å². The van der Waals surface area contributed by atoms with Crippen molar-refractivity contribution >= 4 is 29.3 Å². The van der Waals surface area contributed by atoms with E-state index in [0.29, 0.717) is 13.1 Å². The number of nitrogens with zero attached hydrogens (tertiary/aromatic N) is 1. The van der Waals surface area contributed by atoms with Crippen LogP contribution in [0, 0.1) is 0 Å². The van der Waals surface area contributed by atoms with Crippen molar-refractivity contribution in [2.75, 3.05) is 5.32 Å². The van der Waals surface area contributed by atoms with E-state index in [0.717, 1.165) is 21.7 Å². The summed E-state index contributed by atoms with van der Waals surface area (Å²) in [4.78, 5) is 29.3. The summed E-state index contributed by atoms with van der Waals surface area (Å²) in [5, 5.41) is 2.91. The first-order chi connectivity index (χ1) is 14.1. The van der Waals surface area contributed by atoms with Gasteiger partial charge in [-0.05, 0) is 30.2 Å². The summed E-state index contributed by atoms with van der Waals surface area (Å²) >= 11 is 1.32. The van der Waals surface area contributed by atoms with Crippen LogP contribution in [0.2, 0.25) is 0 Å². The van der Waals surface area contributed by atoms with Crippen molar-refractivity contribution in [3.05, 3.63) is 96.1 Å². The number of rotatable bonds is 5. The standard InChI is InChI=1S/C24H22N2O2S/c1-24(22(27)25-20-14-8-9-15-21(20)29-24)23(28)26(16-18-10-4-2-5-11-18)17-19-12-6-3-7-13-19/h2-15H,16-17H2,1H3,(H,25,27). The molecule has 1 heterocycles. The van der Waals surface area contributed by atoms with Crippen molar-refractivity contribution in [2.24, 2.45) is 0 Å². The number of amides is 2. The second kappa shape index (κ2) is 8.13. The van der Waals surface area contributed by atoms with E-state index in [-0.39, 0.29) is 11.8 Å². The van der Waals surface area contributed by atoms with Crippen molar-refractivity contribution in [1.29, 1.82) is 0 Å². The molecule has 4 nitrogen and oxygen atoms in total. The average Bonchev–Trinajstić information content (AvgIpc) is 2.75. The predicted octanol–water partition coefficient (Wildman–Crippen LogP) is 4.72. The summed E-state index contributed by atoms with van der Waals surface area (Å²) in [5.41, 5.74) is 2.81. The molecule has 1 N–H and O–H groups in total. The van der Waals surface area contributed by atoms with Gasteiger partial charge in [-0.25, -0.2) is 0 Å². The molecule has 1 atom stereocenters. The monoisotopic (exact) mass is 402 g/mol. The van der Waals surface area contributed by atoms with Crippen LogP contribution in [0.3, 0.4) is 0 Å². The summed E-state index contributed by atoms with van der Waals surface area (Å²) in [7, 11) is 0. The lowest BCUT2D eigenvalue weighted by molar-refractivity contribution is -0.138. The number of carbonyl (C=O) groups is 2. The zero-order valence-corrected chi connectivity index (χ0v) is 17.0. The average molecular weight is 403 g/mol. The van der Waals surface area contributed by atoms with Gasteiger partial charge in [-0.1, -0.05) is 84.6 Å². The highest BCUT2D eigenvalue weighted by Gasteiger charge is 2.47. The molecule has 3 aromatic rings. The van der Waals surface area contributed by atoms with Crippen LogP contribution in [0.4, 0.5) is 5.69 Å². The lowest BCUT2D eigenvalue weighted by atomic mass is 10.1. The first-order valence-corrected chi connectivity index (χ1v) is 10.3. The molecule has 1 unspecified atom stereocenters. The molecule has 29 heavy (non-hydrogen) atoms. The topological polar surface area (TPSA) is 49.4 Å².